The summed E-state index contributed by atoms with van der Waals surface area (Å²) in [4.78, 5) is 31.5. The van der Waals surface area contributed by atoms with Crippen LogP contribution in [0, 0.1) is 0 Å². The number of fused-ring (bicyclic) bond motifs is 2. The zero-order chi connectivity index (χ0) is 47.9. The number of benzene rings is 2. The van der Waals surface area contributed by atoms with Gasteiger partial charge in [0.25, 0.3) is 0 Å². The number of aromatic hydroxyl groups is 1. The van der Waals surface area contributed by atoms with Crippen LogP contribution in [0.4, 0.5) is 26.3 Å². The van der Waals surface area contributed by atoms with E-state index in [1.54, 1.807) is 50.6 Å². The fourth-order valence-electron chi connectivity index (χ4n) is 6.80. The highest BCUT2D eigenvalue weighted by Gasteiger charge is 2.40. The molecule has 19 heteroatoms. The van der Waals surface area contributed by atoms with Crippen LogP contribution < -0.4 is 4.74 Å². The second-order valence-corrected chi connectivity index (χ2v) is 15.4. The van der Waals surface area contributed by atoms with Gasteiger partial charge in [0.05, 0.1) is 24.0 Å². The summed E-state index contributed by atoms with van der Waals surface area (Å²) < 4.78 is 105. The van der Waals surface area contributed by atoms with Gasteiger partial charge >= 0.3 is 24.3 Å². The fourth-order valence-corrected chi connectivity index (χ4v) is 7.21. The van der Waals surface area contributed by atoms with Crippen molar-refractivity contribution in [3.05, 3.63) is 106 Å². The van der Waals surface area contributed by atoms with Crippen molar-refractivity contribution in [2.75, 3.05) is 13.2 Å². The zero-order valence-corrected chi connectivity index (χ0v) is 38.3. The number of pyridine rings is 2. The van der Waals surface area contributed by atoms with Crippen LogP contribution in [0.1, 0.15) is 123 Å². The molecule has 12 nitrogen and oxygen atoms in total. The molecule has 0 fully saturated rings. The number of phenols is 1. The third-order valence-corrected chi connectivity index (χ3v) is 10.5. The van der Waals surface area contributed by atoms with Crippen molar-refractivity contribution in [3.8, 4) is 11.5 Å². The molecule has 352 valence electrons. The van der Waals surface area contributed by atoms with Crippen LogP contribution in [0.15, 0.2) is 70.2 Å². The summed E-state index contributed by atoms with van der Waals surface area (Å²) in [6, 6.07) is 9.69. The average molecular weight is 982 g/mol. The fraction of sp³-hybridized carbons (Fsp3) is 0.435. The highest BCUT2D eigenvalue weighted by molar-refractivity contribution is 9.09. The van der Waals surface area contributed by atoms with E-state index in [0.717, 1.165) is 12.0 Å². The van der Waals surface area contributed by atoms with Gasteiger partial charge in [0.15, 0.2) is 22.6 Å². The molecule has 6 rings (SSSR count). The zero-order valence-electron chi connectivity index (χ0n) is 36.7. The van der Waals surface area contributed by atoms with E-state index in [4.69, 9.17) is 23.3 Å². The highest BCUT2D eigenvalue weighted by Crippen LogP contribution is 2.43. The molecule has 0 aliphatic rings. The lowest BCUT2D eigenvalue weighted by molar-refractivity contribution is -0.152. The molecule has 6 aromatic rings. The van der Waals surface area contributed by atoms with Crippen LogP contribution in [-0.2, 0) is 57.1 Å². The van der Waals surface area contributed by atoms with Gasteiger partial charge < -0.3 is 28.4 Å². The normalized spacial score (nSPS) is 12.4. The third kappa shape index (κ3) is 13.2. The van der Waals surface area contributed by atoms with Crippen LogP contribution in [0.25, 0.3) is 21.9 Å². The van der Waals surface area contributed by atoms with E-state index in [1.807, 2.05) is 33.8 Å². The number of nitrogens with zero attached hydrogens (tertiary/aromatic N) is 4. The Balaban J connectivity index is 0.000000238. The Labute approximate surface area is 380 Å². The molecule has 4 heterocycles. The Bertz CT molecular complexity index is 2460. The van der Waals surface area contributed by atoms with Gasteiger partial charge in [-0.1, -0.05) is 91.8 Å². The minimum Gasteiger partial charge on any atom is -0.507 e. The maximum Gasteiger partial charge on any atom is 0.437 e. The Hall–Kier alpha value is -5.72. The molecule has 0 radical (unpaired) electrons. The maximum absolute atomic E-state index is 13.5. The van der Waals surface area contributed by atoms with Gasteiger partial charge in [0.1, 0.15) is 16.3 Å². The SMILES string of the molecule is CCCc1cc2c(C(F)(F)F)noc2c(CCC)c1O.CCCc1cc2c(C(F)(F)F)noc2c(CCC)c1OC(C(=O)OCC)c1cccnc1.CCOC(=O)C(Br)c1cccnc1. The monoisotopic (exact) mass is 980 g/mol. The molecule has 1 N–H and O–H groups in total. The lowest BCUT2D eigenvalue weighted by atomic mass is 9.97. The first-order valence-corrected chi connectivity index (χ1v) is 22.0. The number of esters is 2. The van der Waals surface area contributed by atoms with Crippen LogP contribution in [0.2, 0.25) is 0 Å². The van der Waals surface area contributed by atoms with Gasteiger partial charge in [-0.25, -0.2) is 4.79 Å². The minimum atomic E-state index is -4.65. The number of hydrogen-bond donors (Lipinski definition) is 1. The van der Waals surface area contributed by atoms with E-state index < -0.39 is 40.6 Å². The molecule has 2 aromatic carbocycles. The number of aromatic nitrogens is 4. The van der Waals surface area contributed by atoms with E-state index >= 15 is 0 Å². The second-order valence-electron chi connectivity index (χ2n) is 14.5. The summed E-state index contributed by atoms with van der Waals surface area (Å²) in [6.07, 6.45) is 0.542. The van der Waals surface area contributed by atoms with Gasteiger partial charge in [0.2, 0.25) is 6.10 Å². The molecule has 65 heavy (non-hydrogen) atoms. The van der Waals surface area contributed by atoms with Gasteiger partial charge in [-0.05, 0) is 80.5 Å². The summed E-state index contributed by atoms with van der Waals surface area (Å²) in [6.45, 7) is 11.6. The van der Waals surface area contributed by atoms with E-state index in [0.29, 0.717) is 85.1 Å². The van der Waals surface area contributed by atoms with E-state index in [2.05, 4.69) is 36.2 Å². The number of ether oxygens (including phenoxy) is 3. The molecule has 2 unspecified atom stereocenters. The standard InChI is InChI=1S/C23H25F3N2O4.C14H16F3NO2.C9H10BrNO2/c1-4-8-14-12-17-20(32-28-21(17)23(24,25)26)16(9-5-2)18(14)31-19(22(29)30-6-3)15-10-7-11-27-13-15;1-3-5-8-7-10-12(9(6-4-2)11(8)19)20-18-13(10)14(15,16)17;1-2-13-9(12)8(10)7-4-3-5-11-6-7/h7,10-13,19H,4-6,8-9H2,1-3H3;7,19H,3-6H2,1-2H3;3-6,8H,2H2,1H3. The average Bonchev–Trinajstić information content (AvgIpc) is 3.91. The van der Waals surface area contributed by atoms with Crippen molar-refractivity contribution < 1.29 is 64.3 Å². The number of phenolic OH excluding ortho intramolecular Hbond substituents is 1. The van der Waals surface area contributed by atoms with Gasteiger partial charge in [-0.15, -0.1) is 0 Å². The summed E-state index contributed by atoms with van der Waals surface area (Å²) in [5.74, 6) is -0.534. The minimum absolute atomic E-state index is 0.0165. The number of alkyl halides is 7. The Morgan fingerprint density at radius 3 is 1.62 bits per heavy atom. The second kappa shape index (κ2) is 24.0. The number of carbonyl (C=O) groups is 2. The molecule has 4 aromatic heterocycles. The molecule has 2 atom stereocenters. The lowest BCUT2D eigenvalue weighted by Gasteiger charge is -2.22. The Kier molecular flexibility index (Phi) is 19.2. The van der Waals surface area contributed by atoms with E-state index in [9.17, 15) is 41.0 Å². The predicted octanol–water partition coefficient (Wildman–Crippen LogP) is 12.4. The summed E-state index contributed by atoms with van der Waals surface area (Å²) in [5.41, 5.74) is 1.17. The van der Waals surface area contributed by atoms with Crippen molar-refractivity contribution in [2.45, 2.75) is 116 Å². The molecule has 0 spiro atoms. The van der Waals surface area contributed by atoms with Crippen molar-refractivity contribution in [3.63, 3.8) is 0 Å². The van der Waals surface area contributed by atoms with E-state index in [-0.39, 0.29) is 40.3 Å². The Morgan fingerprint density at radius 2 is 1.14 bits per heavy atom. The van der Waals surface area contributed by atoms with Crippen molar-refractivity contribution >= 4 is 49.8 Å². The lowest BCUT2D eigenvalue weighted by Crippen LogP contribution is -2.22. The predicted molar refractivity (Wildman–Crippen MR) is 232 cm³/mol. The van der Waals surface area contributed by atoms with Crippen molar-refractivity contribution in [2.24, 2.45) is 0 Å². The molecule has 0 aliphatic carbocycles. The molecular formula is C46H51BrF6N4O8. The molecule has 0 aliphatic heterocycles. The van der Waals surface area contributed by atoms with Gasteiger partial charge in [0, 0.05) is 41.5 Å². The number of carbonyl (C=O) groups excluding carboxylic acids is 2. The molecule has 0 bridgehead atoms. The van der Waals surface area contributed by atoms with Gasteiger partial charge in [-0.2, -0.15) is 26.3 Å². The van der Waals surface area contributed by atoms with Crippen molar-refractivity contribution in [1.29, 1.82) is 0 Å². The topological polar surface area (TPSA) is 160 Å². The summed E-state index contributed by atoms with van der Waals surface area (Å²) >= 11 is 3.24. The van der Waals surface area contributed by atoms with Gasteiger partial charge in [-0.3, -0.25) is 14.8 Å². The Morgan fingerprint density at radius 1 is 0.677 bits per heavy atom. The van der Waals surface area contributed by atoms with Crippen LogP contribution in [-0.4, -0.2) is 50.5 Å². The van der Waals surface area contributed by atoms with E-state index in [1.165, 1.54) is 18.3 Å². The summed E-state index contributed by atoms with van der Waals surface area (Å²) in [5, 5.41) is 16.5. The number of hydrogen-bond acceptors (Lipinski definition) is 12. The van der Waals surface area contributed by atoms with Crippen molar-refractivity contribution in [1.82, 2.24) is 20.3 Å². The highest BCUT2D eigenvalue weighted by atomic mass is 79.9. The summed E-state index contributed by atoms with van der Waals surface area (Å²) in [7, 11) is 0. The molecule has 0 saturated heterocycles. The molecular weight excluding hydrogens is 930 g/mol. The first kappa shape index (κ1) is 51.9. The first-order chi connectivity index (χ1) is 31.0. The quantitative estimate of drug-likeness (QED) is 0.0556. The number of rotatable bonds is 16. The van der Waals surface area contributed by atoms with Crippen LogP contribution in [0.5, 0.6) is 11.5 Å². The number of aryl methyl sites for hydroxylation is 4. The molecule has 0 amide bonds. The third-order valence-electron chi connectivity index (χ3n) is 9.57. The smallest absolute Gasteiger partial charge is 0.437 e. The number of halogens is 7. The largest absolute Gasteiger partial charge is 0.507 e. The maximum atomic E-state index is 13.5. The first-order valence-electron chi connectivity index (χ1n) is 21.1. The van der Waals surface area contributed by atoms with Crippen LogP contribution >= 0.6 is 15.9 Å². The van der Waals surface area contributed by atoms with Crippen LogP contribution in [0.3, 0.4) is 0 Å². The molecule has 0 saturated carbocycles.